The number of aliphatic hydroxyl groups excluding tert-OH is 1. The summed E-state index contributed by atoms with van der Waals surface area (Å²) in [5.74, 6) is 0.794. The van der Waals surface area contributed by atoms with E-state index in [1.807, 2.05) is 31.2 Å². The number of nitrogens with one attached hydrogen (secondary N) is 1. The van der Waals surface area contributed by atoms with Crippen LogP contribution in [0.2, 0.25) is 0 Å². The molecule has 2 N–H and O–H groups in total. The third-order valence-electron chi connectivity index (χ3n) is 3.99. The normalized spacial score (nSPS) is 18.4. The summed E-state index contributed by atoms with van der Waals surface area (Å²) in [5, 5.41) is 13.2. The molecule has 1 unspecified atom stereocenters. The van der Waals surface area contributed by atoms with Gasteiger partial charge in [-0.3, -0.25) is 0 Å². The van der Waals surface area contributed by atoms with Crippen molar-refractivity contribution >= 4 is 0 Å². The van der Waals surface area contributed by atoms with E-state index >= 15 is 0 Å². The Kier molecular flexibility index (Phi) is 5.40. The molecule has 0 bridgehead atoms. The number of hydrogen-bond donors (Lipinski definition) is 2. The van der Waals surface area contributed by atoms with Crippen LogP contribution in [-0.2, 0) is 4.74 Å². The monoisotopic (exact) mass is 279 g/mol. The van der Waals surface area contributed by atoms with Gasteiger partial charge in [0.05, 0.1) is 5.60 Å². The van der Waals surface area contributed by atoms with Gasteiger partial charge in [-0.2, -0.15) is 0 Å². The van der Waals surface area contributed by atoms with E-state index in [1.165, 1.54) is 12.0 Å². The molecule has 1 aromatic carbocycles. The fraction of sp³-hybridized carbons (Fsp3) is 0.625. The highest BCUT2D eigenvalue weighted by atomic mass is 16.5. The van der Waals surface area contributed by atoms with E-state index in [-0.39, 0.29) is 5.60 Å². The van der Waals surface area contributed by atoms with E-state index in [9.17, 15) is 5.11 Å². The summed E-state index contributed by atoms with van der Waals surface area (Å²) in [6.07, 6.45) is 2.93. The molecule has 1 saturated carbocycles. The molecule has 0 radical (unpaired) electrons. The van der Waals surface area contributed by atoms with Crippen LogP contribution in [0, 0.1) is 6.92 Å². The summed E-state index contributed by atoms with van der Waals surface area (Å²) < 4.78 is 11.1. The average Bonchev–Trinajstić information content (AvgIpc) is 2.41. The van der Waals surface area contributed by atoms with Gasteiger partial charge in [-0.1, -0.05) is 17.7 Å². The lowest BCUT2D eigenvalue weighted by molar-refractivity contribution is -0.0706. The Balaban J connectivity index is 1.63. The Morgan fingerprint density at radius 2 is 2.00 bits per heavy atom. The quantitative estimate of drug-likeness (QED) is 0.763. The Hall–Kier alpha value is -1.10. The molecule has 1 atom stereocenters. The summed E-state index contributed by atoms with van der Waals surface area (Å²) in [7, 11) is 1.76. The van der Waals surface area contributed by atoms with Crippen LogP contribution in [0.1, 0.15) is 24.8 Å². The molecule has 0 heterocycles. The molecule has 1 aliphatic carbocycles. The van der Waals surface area contributed by atoms with Crippen molar-refractivity contribution in [1.29, 1.82) is 0 Å². The Bertz CT molecular complexity index is 395. The molecular formula is C16H25NO3. The molecular weight excluding hydrogens is 254 g/mol. The van der Waals surface area contributed by atoms with Gasteiger partial charge in [0.2, 0.25) is 0 Å². The van der Waals surface area contributed by atoms with Crippen LogP contribution < -0.4 is 10.1 Å². The summed E-state index contributed by atoms with van der Waals surface area (Å²) >= 11 is 0. The van der Waals surface area contributed by atoms with Gasteiger partial charge in [0.1, 0.15) is 18.5 Å². The van der Waals surface area contributed by atoms with Crippen LogP contribution in [0.3, 0.4) is 0 Å². The molecule has 2 rings (SSSR count). The zero-order chi connectivity index (χ0) is 14.4. The van der Waals surface area contributed by atoms with E-state index in [4.69, 9.17) is 9.47 Å². The van der Waals surface area contributed by atoms with Gasteiger partial charge in [-0.15, -0.1) is 0 Å². The van der Waals surface area contributed by atoms with Crippen LogP contribution in [0.15, 0.2) is 24.3 Å². The van der Waals surface area contributed by atoms with Gasteiger partial charge < -0.3 is 19.9 Å². The van der Waals surface area contributed by atoms with Crippen LogP contribution in [-0.4, -0.2) is 43.6 Å². The number of aryl methyl sites for hydroxylation is 1. The molecule has 1 aromatic rings. The zero-order valence-corrected chi connectivity index (χ0v) is 12.4. The number of aliphatic hydroxyl groups is 1. The number of hydrogen-bond acceptors (Lipinski definition) is 4. The number of benzene rings is 1. The third kappa shape index (κ3) is 4.20. The van der Waals surface area contributed by atoms with Gasteiger partial charge in [-0.05, 0) is 38.3 Å². The third-order valence-corrected chi connectivity index (χ3v) is 3.99. The molecule has 0 aliphatic heterocycles. The lowest BCUT2D eigenvalue weighted by Crippen LogP contribution is -2.49. The Morgan fingerprint density at radius 1 is 1.30 bits per heavy atom. The fourth-order valence-corrected chi connectivity index (χ4v) is 2.38. The van der Waals surface area contributed by atoms with Crippen molar-refractivity contribution in [3.63, 3.8) is 0 Å². The molecule has 4 heteroatoms. The Morgan fingerprint density at radius 3 is 2.55 bits per heavy atom. The first-order valence-electron chi connectivity index (χ1n) is 7.27. The minimum Gasteiger partial charge on any atom is -0.491 e. The van der Waals surface area contributed by atoms with Gasteiger partial charge in [0.15, 0.2) is 0 Å². The maximum atomic E-state index is 9.90. The first-order valence-corrected chi connectivity index (χ1v) is 7.27. The molecule has 0 spiro atoms. The highest BCUT2D eigenvalue weighted by Crippen LogP contribution is 2.34. The topological polar surface area (TPSA) is 50.7 Å². The fourth-order valence-electron chi connectivity index (χ4n) is 2.38. The molecule has 20 heavy (non-hydrogen) atoms. The molecule has 1 fully saturated rings. The molecule has 1 aliphatic rings. The average molecular weight is 279 g/mol. The smallest absolute Gasteiger partial charge is 0.119 e. The minimum absolute atomic E-state index is 0.00245. The maximum Gasteiger partial charge on any atom is 0.119 e. The largest absolute Gasteiger partial charge is 0.491 e. The molecule has 0 saturated heterocycles. The van der Waals surface area contributed by atoms with Crippen molar-refractivity contribution in [1.82, 2.24) is 5.32 Å². The molecule has 4 nitrogen and oxygen atoms in total. The number of rotatable bonds is 8. The van der Waals surface area contributed by atoms with Crippen LogP contribution in [0.25, 0.3) is 0 Å². The van der Waals surface area contributed by atoms with Crippen molar-refractivity contribution in [2.75, 3.05) is 26.8 Å². The predicted molar refractivity (Wildman–Crippen MR) is 79.1 cm³/mol. The first kappa shape index (κ1) is 15.3. The highest BCUT2D eigenvalue weighted by Gasteiger charge is 2.36. The summed E-state index contributed by atoms with van der Waals surface area (Å²) in [5.41, 5.74) is 1.20. The maximum absolute atomic E-state index is 9.90. The van der Waals surface area contributed by atoms with E-state index in [1.54, 1.807) is 7.11 Å². The highest BCUT2D eigenvalue weighted by molar-refractivity contribution is 5.26. The van der Waals surface area contributed by atoms with Gasteiger partial charge in [0, 0.05) is 20.2 Å². The molecule has 0 aromatic heterocycles. The van der Waals surface area contributed by atoms with E-state index < -0.39 is 6.10 Å². The lowest BCUT2D eigenvalue weighted by atomic mass is 9.80. The van der Waals surface area contributed by atoms with E-state index in [0.29, 0.717) is 13.2 Å². The van der Waals surface area contributed by atoms with E-state index in [2.05, 4.69) is 5.32 Å². The second-order valence-electron chi connectivity index (χ2n) is 5.65. The van der Waals surface area contributed by atoms with Crippen molar-refractivity contribution in [2.45, 2.75) is 37.9 Å². The van der Waals surface area contributed by atoms with Gasteiger partial charge in [-0.25, -0.2) is 0 Å². The molecule has 112 valence electrons. The number of methoxy groups -OCH3 is 1. The first-order chi connectivity index (χ1) is 9.63. The second kappa shape index (κ2) is 7.07. The van der Waals surface area contributed by atoms with Crippen molar-refractivity contribution in [2.24, 2.45) is 0 Å². The van der Waals surface area contributed by atoms with E-state index in [0.717, 1.165) is 25.1 Å². The molecule has 0 amide bonds. The van der Waals surface area contributed by atoms with Crippen LogP contribution >= 0.6 is 0 Å². The van der Waals surface area contributed by atoms with Crippen molar-refractivity contribution in [3.8, 4) is 5.75 Å². The van der Waals surface area contributed by atoms with Gasteiger partial charge >= 0.3 is 0 Å². The standard InChI is InChI=1S/C16H25NO3/c1-13-4-6-15(7-5-13)20-11-14(18)10-17-12-16(19-2)8-3-9-16/h4-7,14,17-18H,3,8-12H2,1-2H3. The SMILES string of the molecule is COC1(CNCC(O)COc2ccc(C)cc2)CCC1. The number of ether oxygens (including phenoxy) is 2. The van der Waals surface area contributed by atoms with Crippen molar-refractivity contribution < 1.29 is 14.6 Å². The summed E-state index contributed by atoms with van der Waals surface area (Å²) in [6.45, 7) is 3.66. The summed E-state index contributed by atoms with van der Waals surface area (Å²) in [4.78, 5) is 0. The lowest BCUT2D eigenvalue weighted by Gasteiger charge is -2.40. The summed E-state index contributed by atoms with van der Waals surface area (Å²) in [6, 6.07) is 7.84. The second-order valence-corrected chi connectivity index (χ2v) is 5.65. The van der Waals surface area contributed by atoms with Crippen LogP contribution in [0.5, 0.6) is 5.75 Å². The van der Waals surface area contributed by atoms with Crippen molar-refractivity contribution in [3.05, 3.63) is 29.8 Å². The Labute approximate surface area is 121 Å². The predicted octanol–water partition coefficient (Wildman–Crippen LogP) is 1.89. The minimum atomic E-state index is -0.509. The van der Waals surface area contributed by atoms with Crippen LogP contribution in [0.4, 0.5) is 0 Å². The zero-order valence-electron chi connectivity index (χ0n) is 12.4. The van der Waals surface area contributed by atoms with Gasteiger partial charge in [0.25, 0.3) is 0 Å².